The van der Waals surface area contributed by atoms with Crippen LogP contribution in [0.3, 0.4) is 0 Å². The zero-order valence-electron chi connectivity index (χ0n) is 13.2. The van der Waals surface area contributed by atoms with Crippen molar-refractivity contribution in [3.05, 3.63) is 28.5 Å². The molecule has 0 spiro atoms. The average Bonchev–Trinajstić information content (AvgIpc) is 3.06. The Morgan fingerprint density at radius 2 is 1.78 bits per heavy atom. The quantitative estimate of drug-likeness (QED) is 0.563. The van der Waals surface area contributed by atoms with Crippen molar-refractivity contribution < 1.29 is 4.74 Å². The number of fused-ring (bicyclic) bond motifs is 3. The summed E-state index contributed by atoms with van der Waals surface area (Å²) in [5, 5.41) is 9.54. The lowest BCUT2D eigenvalue weighted by Gasteiger charge is -2.05. The maximum Gasteiger partial charge on any atom is 0.215 e. The van der Waals surface area contributed by atoms with Gasteiger partial charge in [0.05, 0.1) is 28.4 Å². The van der Waals surface area contributed by atoms with Crippen LogP contribution in [0.15, 0.2) is 12.1 Å². The van der Waals surface area contributed by atoms with Crippen LogP contribution in [0.4, 0.5) is 0 Å². The van der Waals surface area contributed by atoms with Gasteiger partial charge in [0.25, 0.3) is 0 Å². The normalized spacial score (nSPS) is 11.5. The number of imidazole rings is 1. The van der Waals surface area contributed by atoms with E-state index in [0.717, 1.165) is 27.1 Å². The predicted molar refractivity (Wildman–Crippen MR) is 88.0 cm³/mol. The van der Waals surface area contributed by atoms with E-state index in [1.807, 2.05) is 31.2 Å². The largest absolute Gasteiger partial charge is 0.481 e. The molecule has 4 aromatic heterocycles. The molecule has 23 heavy (non-hydrogen) atoms. The Kier molecular flexibility index (Phi) is 3.02. The van der Waals surface area contributed by atoms with Crippen LogP contribution in [-0.2, 0) is 0 Å². The Morgan fingerprint density at radius 3 is 2.48 bits per heavy atom. The van der Waals surface area contributed by atoms with Gasteiger partial charge >= 0.3 is 0 Å². The molecule has 0 amide bonds. The monoisotopic (exact) mass is 326 g/mol. The molecule has 0 radical (unpaired) electrons. The van der Waals surface area contributed by atoms with Crippen LogP contribution >= 0.6 is 11.3 Å². The Bertz CT molecular complexity index is 1050. The summed E-state index contributed by atoms with van der Waals surface area (Å²) in [6, 6.07) is 3.62. The molecular weight excluding hydrogens is 312 g/mol. The summed E-state index contributed by atoms with van der Waals surface area (Å²) in [6.45, 7) is 5.89. The Hall–Kier alpha value is -2.61. The molecule has 4 aromatic rings. The van der Waals surface area contributed by atoms with Gasteiger partial charge in [-0.25, -0.2) is 9.97 Å². The number of ether oxygens (including phenoxy) is 1. The van der Waals surface area contributed by atoms with E-state index >= 15 is 0 Å². The van der Waals surface area contributed by atoms with E-state index in [4.69, 9.17) is 4.74 Å². The zero-order valence-corrected chi connectivity index (χ0v) is 14.0. The minimum Gasteiger partial charge on any atom is -0.481 e. The highest BCUT2D eigenvalue weighted by molar-refractivity contribution is 7.15. The molecule has 0 aliphatic heterocycles. The molecule has 0 bridgehead atoms. The summed E-state index contributed by atoms with van der Waals surface area (Å²) >= 11 is 1.61. The molecule has 0 aromatic carbocycles. The van der Waals surface area contributed by atoms with Gasteiger partial charge in [-0.3, -0.25) is 4.40 Å². The van der Waals surface area contributed by atoms with E-state index in [1.165, 1.54) is 0 Å². The minimum atomic E-state index is 0.529. The van der Waals surface area contributed by atoms with Gasteiger partial charge in [-0.2, -0.15) is 4.98 Å². The van der Waals surface area contributed by atoms with Crippen molar-refractivity contribution in [1.29, 1.82) is 0 Å². The fraction of sp³-hybridized carbons (Fsp3) is 0.267. The van der Waals surface area contributed by atoms with E-state index in [2.05, 4.69) is 25.1 Å². The molecular formula is C15H14N6OS. The summed E-state index contributed by atoms with van der Waals surface area (Å²) in [4.78, 5) is 14.7. The van der Waals surface area contributed by atoms with Gasteiger partial charge in [-0.1, -0.05) is 0 Å². The third-order valence-electron chi connectivity index (χ3n) is 3.63. The molecule has 116 valence electrons. The smallest absolute Gasteiger partial charge is 0.215 e. The van der Waals surface area contributed by atoms with E-state index in [0.29, 0.717) is 22.7 Å². The Balaban J connectivity index is 2.16. The summed E-state index contributed by atoms with van der Waals surface area (Å²) in [5.41, 5.74) is 3.82. The second-order valence-electron chi connectivity index (χ2n) is 5.22. The van der Waals surface area contributed by atoms with Crippen molar-refractivity contribution in [3.63, 3.8) is 0 Å². The van der Waals surface area contributed by atoms with Crippen molar-refractivity contribution in [2.45, 2.75) is 20.8 Å². The topological polar surface area (TPSA) is 78.1 Å². The highest BCUT2D eigenvalue weighted by Gasteiger charge is 2.19. The molecule has 0 N–H and O–H groups in total. The average molecular weight is 326 g/mol. The maximum atomic E-state index is 5.25. The summed E-state index contributed by atoms with van der Waals surface area (Å²) in [6.07, 6.45) is 0. The number of thiazole rings is 1. The summed E-state index contributed by atoms with van der Waals surface area (Å²) < 4.78 is 7.18. The van der Waals surface area contributed by atoms with Crippen LogP contribution in [0.2, 0.25) is 0 Å². The highest BCUT2D eigenvalue weighted by Crippen LogP contribution is 2.31. The van der Waals surface area contributed by atoms with E-state index in [9.17, 15) is 0 Å². The van der Waals surface area contributed by atoms with Crippen LogP contribution in [0.5, 0.6) is 5.88 Å². The number of nitrogens with zero attached hydrogens (tertiary/aromatic N) is 6. The lowest BCUT2D eigenvalue weighted by Crippen LogP contribution is -2.00. The first-order chi connectivity index (χ1) is 11.1. The number of hydrogen-bond donors (Lipinski definition) is 0. The van der Waals surface area contributed by atoms with Crippen molar-refractivity contribution in [2.24, 2.45) is 0 Å². The molecule has 4 heterocycles. The number of aromatic nitrogens is 6. The third-order valence-corrected chi connectivity index (χ3v) is 4.70. The lowest BCUT2D eigenvalue weighted by molar-refractivity contribution is 0.399. The van der Waals surface area contributed by atoms with E-state index in [-0.39, 0.29) is 0 Å². The molecule has 0 fully saturated rings. The second kappa shape index (κ2) is 4.95. The van der Waals surface area contributed by atoms with Gasteiger partial charge in [0.1, 0.15) is 5.52 Å². The van der Waals surface area contributed by atoms with Crippen molar-refractivity contribution in [1.82, 2.24) is 29.5 Å². The molecule has 0 atom stereocenters. The Labute approximate surface area is 136 Å². The summed E-state index contributed by atoms with van der Waals surface area (Å²) in [5.74, 6) is 1.32. The number of rotatable bonds is 2. The van der Waals surface area contributed by atoms with Crippen molar-refractivity contribution in [3.8, 4) is 16.6 Å². The van der Waals surface area contributed by atoms with Crippen molar-refractivity contribution in [2.75, 3.05) is 7.11 Å². The van der Waals surface area contributed by atoms with Crippen LogP contribution in [-0.4, -0.2) is 36.7 Å². The van der Waals surface area contributed by atoms with Crippen LogP contribution in [0.1, 0.15) is 16.4 Å². The SMILES string of the molecule is COc1ccc2nnc3c(C)nc(-c4sc(C)nc4C)n3c2n1. The standard InChI is InChI=1S/C15H14N6OS/c1-7-12(23-9(3)16-7)15-17-8(2)13-20-19-10-5-6-11(22-4)18-14(10)21(13)15/h5-6H,1-4H3. The van der Waals surface area contributed by atoms with Gasteiger partial charge in [0.15, 0.2) is 17.1 Å². The number of hydrogen-bond acceptors (Lipinski definition) is 7. The molecule has 0 unspecified atom stereocenters. The van der Waals surface area contributed by atoms with Gasteiger partial charge in [-0.15, -0.1) is 21.5 Å². The molecule has 7 nitrogen and oxygen atoms in total. The first-order valence-electron chi connectivity index (χ1n) is 7.09. The van der Waals surface area contributed by atoms with Crippen LogP contribution < -0.4 is 4.74 Å². The maximum absolute atomic E-state index is 5.25. The van der Waals surface area contributed by atoms with Crippen LogP contribution in [0, 0.1) is 20.8 Å². The molecule has 0 saturated carbocycles. The minimum absolute atomic E-state index is 0.529. The predicted octanol–water partition coefficient (Wildman–Crippen LogP) is 2.73. The molecule has 0 saturated heterocycles. The van der Waals surface area contributed by atoms with Crippen LogP contribution in [0.25, 0.3) is 27.5 Å². The number of methoxy groups -OCH3 is 1. The third kappa shape index (κ3) is 2.06. The van der Waals surface area contributed by atoms with Crippen molar-refractivity contribution >= 4 is 28.1 Å². The van der Waals surface area contributed by atoms with E-state index < -0.39 is 0 Å². The number of aryl methyl sites for hydroxylation is 3. The summed E-state index contributed by atoms with van der Waals surface area (Å²) in [7, 11) is 1.59. The number of pyridine rings is 1. The molecule has 0 aliphatic carbocycles. The molecule has 4 rings (SSSR count). The molecule has 0 aliphatic rings. The second-order valence-corrected chi connectivity index (χ2v) is 6.43. The first kappa shape index (κ1) is 14.0. The van der Waals surface area contributed by atoms with Gasteiger partial charge in [-0.05, 0) is 26.8 Å². The van der Waals surface area contributed by atoms with E-state index in [1.54, 1.807) is 24.5 Å². The lowest BCUT2D eigenvalue weighted by atomic mass is 10.3. The zero-order chi connectivity index (χ0) is 16.1. The first-order valence-corrected chi connectivity index (χ1v) is 7.91. The highest BCUT2D eigenvalue weighted by atomic mass is 32.1. The fourth-order valence-electron chi connectivity index (χ4n) is 2.61. The fourth-order valence-corrected chi connectivity index (χ4v) is 3.51. The molecule has 8 heteroatoms. The van der Waals surface area contributed by atoms with Gasteiger partial charge < -0.3 is 4.74 Å². The Morgan fingerprint density at radius 1 is 0.957 bits per heavy atom. The van der Waals surface area contributed by atoms with Gasteiger partial charge in [0.2, 0.25) is 5.88 Å². The van der Waals surface area contributed by atoms with Gasteiger partial charge in [0, 0.05) is 6.07 Å².